The smallest absolute Gasteiger partial charge is 0.171 e. The Labute approximate surface area is 104 Å². The largest absolute Gasteiger partial charge is 0.497 e. The van der Waals surface area contributed by atoms with Gasteiger partial charge < -0.3 is 19.6 Å². The molecule has 0 aliphatic heterocycles. The van der Waals surface area contributed by atoms with Crippen molar-refractivity contribution in [3.63, 3.8) is 0 Å². The van der Waals surface area contributed by atoms with Gasteiger partial charge in [-0.3, -0.25) is 0 Å². The third-order valence-electron chi connectivity index (χ3n) is 2.99. The van der Waals surface area contributed by atoms with Gasteiger partial charge in [-0.15, -0.1) is 0 Å². The first-order valence-corrected chi connectivity index (χ1v) is 5.54. The topological polar surface area (TPSA) is 66.2 Å². The SMILES string of the molecule is COc1ccc2c(-c3cc(N)no3)cn(C)c2c1. The highest BCUT2D eigenvalue weighted by Gasteiger charge is 2.13. The van der Waals surface area contributed by atoms with Crippen LogP contribution < -0.4 is 10.5 Å². The predicted octanol–water partition coefficient (Wildman–Crippen LogP) is 2.42. The van der Waals surface area contributed by atoms with E-state index < -0.39 is 0 Å². The number of nitrogens with two attached hydrogens (primary N) is 1. The molecular weight excluding hydrogens is 230 g/mol. The minimum absolute atomic E-state index is 0.385. The second kappa shape index (κ2) is 3.80. The zero-order valence-corrected chi connectivity index (χ0v) is 10.2. The van der Waals surface area contributed by atoms with E-state index >= 15 is 0 Å². The van der Waals surface area contributed by atoms with Crippen LogP contribution in [0.2, 0.25) is 0 Å². The summed E-state index contributed by atoms with van der Waals surface area (Å²) in [5.41, 5.74) is 7.62. The van der Waals surface area contributed by atoms with Crippen LogP contribution in [0.1, 0.15) is 0 Å². The van der Waals surface area contributed by atoms with Crippen LogP contribution in [0.4, 0.5) is 5.82 Å². The fraction of sp³-hybridized carbons (Fsp3) is 0.154. The Morgan fingerprint density at radius 3 is 2.83 bits per heavy atom. The molecule has 0 fully saturated rings. The van der Waals surface area contributed by atoms with Crippen molar-refractivity contribution in [1.29, 1.82) is 0 Å². The van der Waals surface area contributed by atoms with Crippen LogP contribution in [0.25, 0.3) is 22.2 Å². The Bertz CT molecular complexity index is 712. The fourth-order valence-electron chi connectivity index (χ4n) is 2.10. The average molecular weight is 243 g/mol. The van der Waals surface area contributed by atoms with E-state index in [1.165, 1.54) is 0 Å². The molecule has 5 heteroatoms. The average Bonchev–Trinajstić information content (AvgIpc) is 2.94. The Hall–Kier alpha value is -2.43. The summed E-state index contributed by atoms with van der Waals surface area (Å²) in [6.07, 6.45) is 1.99. The first kappa shape index (κ1) is 10.7. The molecular formula is C13H13N3O2. The van der Waals surface area contributed by atoms with Gasteiger partial charge in [0.25, 0.3) is 0 Å². The van der Waals surface area contributed by atoms with E-state index in [-0.39, 0.29) is 0 Å². The van der Waals surface area contributed by atoms with Gasteiger partial charge in [0.2, 0.25) is 0 Å². The number of nitrogen functional groups attached to an aromatic ring is 1. The number of hydrogen-bond acceptors (Lipinski definition) is 4. The summed E-state index contributed by atoms with van der Waals surface area (Å²) in [5, 5.41) is 4.79. The van der Waals surface area contributed by atoms with Crippen molar-refractivity contribution in [3.05, 3.63) is 30.5 Å². The standard InChI is InChI=1S/C13H13N3O2/c1-16-7-10(12-6-13(14)15-18-12)9-4-3-8(17-2)5-11(9)16/h3-7H,1-2H3,(H2,14,15). The number of anilines is 1. The lowest BCUT2D eigenvalue weighted by molar-refractivity contribution is 0.415. The van der Waals surface area contributed by atoms with E-state index in [4.69, 9.17) is 15.0 Å². The summed E-state index contributed by atoms with van der Waals surface area (Å²) in [5.74, 6) is 1.88. The molecule has 1 aromatic carbocycles. The third-order valence-corrected chi connectivity index (χ3v) is 2.99. The van der Waals surface area contributed by atoms with Crippen molar-refractivity contribution < 1.29 is 9.26 Å². The van der Waals surface area contributed by atoms with Crippen LogP contribution >= 0.6 is 0 Å². The first-order chi connectivity index (χ1) is 8.69. The molecule has 92 valence electrons. The van der Waals surface area contributed by atoms with E-state index in [1.807, 2.05) is 36.0 Å². The highest BCUT2D eigenvalue weighted by molar-refractivity contribution is 5.95. The lowest BCUT2D eigenvalue weighted by Crippen LogP contribution is -1.86. The number of fused-ring (bicyclic) bond motifs is 1. The lowest BCUT2D eigenvalue weighted by atomic mass is 10.1. The number of methoxy groups -OCH3 is 1. The van der Waals surface area contributed by atoms with Gasteiger partial charge in [0.1, 0.15) is 5.75 Å². The van der Waals surface area contributed by atoms with E-state index in [0.717, 1.165) is 22.2 Å². The number of aromatic nitrogens is 2. The fourth-order valence-corrected chi connectivity index (χ4v) is 2.10. The van der Waals surface area contributed by atoms with Crippen molar-refractivity contribution in [1.82, 2.24) is 9.72 Å². The van der Waals surface area contributed by atoms with E-state index in [0.29, 0.717) is 11.6 Å². The molecule has 0 amide bonds. The molecule has 2 aromatic heterocycles. The highest BCUT2D eigenvalue weighted by Crippen LogP contribution is 2.32. The zero-order valence-electron chi connectivity index (χ0n) is 10.2. The van der Waals surface area contributed by atoms with Crippen molar-refractivity contribution in [2.45, 2.75) is 0 Å². The molecule has 0 unspecified atom stereocenters. The molecule has 0 saturated carbocycles. The van der Waals surface area contributed by atoms with Crippen LogP contribution in [0.15, 0.2) is 35.0 Å². The summed E-state index contributed by atoms with van der Waals surface area (Å²) in [6, 6.07) is 7.63. The summed E-state index contributed by atoms with van der Waals surface area (Å²) >= 11 is 0. The Morgan fingerprint density at radius 2 is 2.17 bits per heavy atom. The molecule has 0 spiro atoms. The Kier molecular flexibility index (Phi) is 2.26. The highest BCUT2D eigenvalue weighted by atomic mass is 16.5. The maximum absolute atomic E-state index is 5.58. The monoisotopic (exact) mass is 243 g/mol. The van der Waals surface area contributed by atoms with E-state index in [9.17, 15) is 0 Å². The minimum atomic E-state index is 0.385. The molecule has 0 atom stereocenters. The summed E-state index contributed by atoms with van der Waals surface area (Å²) in [6.45, 7) is 0. The van der Waals surface area contributed by atoms with Crippen LogP contribution in [-0.2, 0) is 7.05 Å². The van der Waals surface area contributed by atoms with Crippen molar-refractivity contribution >= 4 is 16.7 Å². The molecule has 18 heavy (non-hydrogen) atoms. The number of nitrogens with zero attached hydrogens (tertiary/aromatic N) is 2. The van der Waals surface area contributed by atoms with Crippen LogP contribution in [0, 0.1) is 0 Å². The first-order valence-electron chi connectivity index (χ1n) is 5.54. The molecule has 3 rings (SSSR count). The second-order valence-electron chi connectivity index (χ2n) is 4.15. The summed E-state index contributed by atoms with van der Waals surface area (Å²) < 4.78 is 12.5. The van der Waals surface area contributed by atoms with E-state index in [1.54, 1.807) is 13.2 Å². The molecule has 0 aliphatic rings. The van der Waals surface area contributed by atoms with Crippen molar-refractivity contribution in [2.24, 2.45) is 7.05 Å². The van der Waals surface area contributed by atoms with Crippen molar-refractivity contribution in [3.8, 4) is 17.1 Å². The molecule has 2 N–H and O–H groups in total. The van der Waals surface area contributed by atoms with Crippen LogP contribution in [0.3, 0.4) is 0 Å². The maximum atomic E-state index is 5.58. The third kappa shape index (κ3) is 1.52. The maximum Gasteiger partial charge on any atom is 0.171 e. The van der Waals surface area contributed by atoms with Gasteiger partial charge in [0, 0.05) is 36.3 Å². The number of ether oxygens (including phenoxy) is 1. The van der Waals surface area contributed by atoms with Gasteiger partial charge in [-0.2, -0.15) is 0 Å². The van der Waals surface area contributed by atoms with Gasteiger partial charge in [-0.05, 0) is 12.1 Å². The molecule has 5 nitrogen and oxygen atoms in total. The summed E-state index contributed by atoms with van der Waals surface area (Å²) in [4.78, 5) is 0. The minimum Gasteiger partial charge on any atom is -0.497 e. The summed E-state index contributed by atoms with van der Waals surface area (Å²) in [7, 11) is 3.63. The molecule has 2 heterocycles. The predicted molar refractivity (Wildman–Crippen MR) is 69.4 cm³/mol. The van der Waals surface area contributed by atoms with Gasteiger partial charge in [0.15, 0.2) is 11.6 Å². The van der Waals surface area contributed by atoms with Gasteiger partial charge in [-0.1, -0.05) is 5.16 Å². The van der Waals surface area contributed by atoms with Crippen LogP contribution in [-0.4, -0.2) is 16.8 Å². The molecule has 0 radical (unpaired) electrons. The Morgan fingerprint density at radius 1 is 1.33 bits per heavy atom. The van der Waals surface area contributed by atoms with Crippen LogP contribution in [0.5, 0.6) is 5.75 Å². The zero-order chi connectivity index (χ0) is 12.7. The molecule has 0 saturated heterocycles. The normalized spacial score (nSPS) is 11.0. The quantitative estimate of drug-likeness (QED) is 0.750. The number of aryl methyl sites for hydroxylation is 1. The van der Waals surface area contributed by atoms with Gasteiger partial charge in [-0.25, -0.2) is 0 Å². The molecule has 0 aliphatic carbocycles. The van der Waals surface area contributed by atoms with Gasteiger partial charge in [0.05, 0.1) is 12.6 Å². The lowest BCUT2D eigenvalue weighted by Gasteiger charge is -2.01. The number of rotatable bonds is 2. The van der Waals surface area contributed by atoms with Gasteiger partial charge >= 0.3 is 0 Å². The number of benzene rings is 1. The number of hydrogen-bond donors (Lipinski definition) is 1. The Balaban J connectivity index is 2.25. The van der Waals surface area contributed by atoms with E-state index in [2.05, 4.69) is 5.16 Å². The second-order valence-corrected chi connectivity index (χ2v) is 4.15. The van der Waals surface area contributed by atoms with Crippen molar-refractivity contribution in [2.75, 3.05) is 12.8 Å². The molecule has 3 aromatic rings. The molecule has 0 bridgehead atoms.